The van der Waals surface area contributed by atoms with Gasteiger partial charge in [-0.15, -0.1) is 0 Å². The zero-order chi connectivity index (χ0) is 13.1. The molecule has 0 aromatic rings. The van der Waals surface area contributed by atoms with Crippen molar-refractivity contribution in [2.45, 2.75) is 18.6 Å². The molecule has 0 amide bonds. The Bertz CT molecular complexity index is 201. The van der Waals surface area contributed by atoms with Crippen LogP contribution in [0, 0.1) is 0 Å². The van der Waals surface area contributed by atoms with Gasteiger partial charge in [-0.05, 0) is 0 Å². The lowest BCUT2D eigenvalue weighted by atomic mass is 10.4. The van der Waals surface area contributed by atoms with Gasteiger partial charge in [0.15, 0.2) is 0 Å². The molecule has 3 N–H and O–H groups in total. The van der Waals surface area contributed by atoms with Crippen molar-refractivity contribution in [2.75, 3.05) is 38.4 Å². The lowest BCUT2D eigenvalue weighted by molar-refractivity contribution is -0.136. The van der Waals surface area contributed by atoms with Crippen LogP contribution in [0.3, 0.4) is 0 Å². The van der Waals surface area contributed by atoms with Crippen LogP contribution >= 0.6 is 11.8 Å². The van der Waals surface area contributed by atoms with E-state index in [1.54, 1.807) is 0 Å². The summed E-state index contributed by atoms with van der Waals surface area (Å²) in [5.74, 6) is 0.0535. The van der Waals surface area contributed by atoms with Crippen molar-refractivity contribution >= 4 is 17.7 Å². The first-order chi connectivity index (χ1) is 8.06. The number of thioether (sulfide) groups is 1. The van der Waals surface area contributed by atoms with Crippen LogP contribution in [-0.4, -0.2) is 71.9 Å². The second kappa shape index (κ2) is 10.8. The smallest absolute Gasteiger partial charge is 0.304 e. The van der Waals surface area contributed by atoms with Crippen LogP contribution < -0.4 is 0 Å². The van der Waals surface area contributed by atoms with E-state index in [2.05, 4.69) is 0 Å². The zero-order valence-corrected chi connectivity index (χ0v) is 10.7. The number of hydrogen-bond acceptors (Lipinski definition) is 6. The number of aliphatic hydroxyl groups excluding tert-OH is 2. The molecule has 0 aromatic heterocycles. The summed E-state index contributed by atoms with van der Waals surface area (Å²) >= 11 is 1.36. The Hall–Kier alpha value is -0.340. The van der Waals surface area contributed by atoms with Crippen LogP contribution in [-0.2, 0) is 14.3 Å². The second-order valence-electron chi connectivity index (χ2n) is 3.52. The van der Waals surface area contributed by atoms with Crippen molar-refractivity contribution in [3.63, 3.8) is 0 Å². The van der Waals surface area contributed by atoms with E-state index in [1.807, 2.05) is 0 Å². The predicted octanol–water partition coefficient (Wildman–Crippen LogP) is -0.421. The number of rotatable bonds is 11. The molecule has 102 valence electrons. The lowest BCUT2D eigenvalue weighted by Crippen LogP contribution is -2.25. The first-order valence-electron chi connectivity index (χ1n) is 5.28. The molecule has 0 fully saturated rings. The Balaban J connectivity index is 3.34. The Labute approximate surface area is 105 Å². The third-order valence-electron chi connectivity index (χ3n) is 1.75. The summed E-state index contributed by atoms with van der Waals surface area (Å²) in [6, 6.07) is 0. The van der Waals surface area contributed by atoms with Gasteiger partial charge in [-0.1, -0.05) is 0 Å². The number of aliphatic hydroxyl groups is 2. The van der Waals surface area contributed by atoms with Gasteiger partial charge in [-0.25, -0.2) is 0 Å². The summed E-state index contributed by atoms with van der Waals surface area (Å²) in [6.07, 6.45) is -1.25. The fraction of sp³-hybridized carbons (Fsp3) is 0.900. The van der Waals surface area contributed by atoms with Crippen molar-refractivity contribution in [1.29, 1.82) is 0 Å². The quantitative estimate of drug-likeness (QED) is 0.438. The highest BCUT2D eigenvalue weighted by Gasteiger charge is 2.08. The molecule has 0 aromatic carbocycles. The largest absolute Gasteiger partial charge is 0.481 e. The molecule has 0 saturated carbocycles. The van der Waals surface area contributed by atoms with E-state index in [0.29, 0.717) is 11.5 Å². The van der Waals surface area contributed by atoms with Crippen LogP contribution in [0.1, 0.15) is 6.42 Å². The summed E-state index contributed by atoms with van der Waals surface area (Å²) in [5.41, 5.74) is 0. The number of hydrogen-bond donors (Lipinski definition) is 3. The molecule has 0 heterocycles. The molecule has 2 atom stereocenters. The third-order valence-corrected chi connectivity index (χ3v) is 2.86. The zero-order valence-electron chi connectivity index (χ0n) is 9.87. The highest BCUT2D eigenvalue weighted by Crippen LogP contribution is 2.05. The molecule has 0 spiro atoms. The molecule has 0 rings (SSSR count). The Morgan fingerprint density at radius 2 is 1.88 bits per heavy atom. The SMILES string of the molecule is COCC(O)COCC(O)CSCCC(=O)O. The molecule has 17 heavy (non-hydrogen) atoms. The normalized spacial score (nSPS) is 14.5. The van der Waals surface area contributed by atoms with Gasteiger partial charge in [-0.3, -0.25) is 4.79 Å². The number of ether oxygens (including phenoxy) is 2. The molecule has 0 bridgehead atoms. The Kier molecular flexibility index (Phi) is 10.6. The second-order valence-corrected chi connectivity index (χ2v) is 4.67. The fourth-order valence-electron chi connectivity index (χ4n) is 1.01. The number of aliphatic carboxylic acids is 1. The molecule has 0 radical (unpaired) electrons. The van der Waals surface area contributed by atoms with Gasteiger partial charge in [0.1, 0.15) is 6.10 Å². The van der Waals surface area contributed by atoms with E-state index in [4.69, 9.17) is 14.6 Å². The lowest BCUT2D eigenvalue weighted by Gasteiger charge is -2.13. The van der Waals surface area contributed by atoms with E-state index in [0.717, 1.165) is 0 Å². The van der Waals surface area contributed by atoms with Gasteiger partial charge in [-0.2, -0.15) is 11.8 Å². The summed E-state index contributed by atoms with van der Waals surface area (Å²) in [7, 11) is 1.48. The summed E-state index contributed by atoms with van der Waals surface area (Å²) in [4.78, 5) is 10.2. The average molecular weight is 268 g/mol. The minimum atomic E-state index is -0.842. The molecule has 0 aliphatic heterocycles. The molecule has 6 nitrogen and oxygen atoms in total. The van der Waals surface area contributed by atoms with E-state index in [9.17, 15) is 15.0 Å². The number of carboxylic acids is 1. The van der Waals surface area contributed by atoms with Gasteiger partial charge in [0.25, 0.3) is 0 Å². The summed E-state index contributed by atoms with van der Waals surface area (Å²) in [5, 5.41) is 27.1. The third kappa shape index (κ3) is 11.9. The molecular weight excluding hydrogens is 248 g/mol. The van der Waals surface area contributed by atoms with Gasteiger partial charge >= 0.3 is 5.97 Å². The van der Waals surface area contributed by atoms with E-state index >= 15 is 0 Å². The van der Waals surface area contributed by atoms with Gasteiger partial charge in [0.05, 0.1) is 32.3 Å². The first kappa shape index (κ1) is 16.7. The van der Waals surface area contributed by atoms with Crippen LogP contribution in [0.2, 0.25) is 0 Å². The number of methoxy groups -OCH3 is 1. The standard InChI is InChI=1S/C10H20O6S/c1-15-4-8(11)5-16-6-9(12)7-17-3-2-10(13)14/h8-9,11-12H,2-7H2,1H3,(H,13,14). The van der Waals surface area contributed by atoms with Crippen molar-refractivity contribution in [3.05, 3.63) is 0 Å². The number of carbonyl (C=O) groups is 1. The van der Waals surface area contributed by atoms with Crippen molar-refractivity contribution in [1.82, 2.24) is 0 Å². The van der Waals surface area contributed by atoms with Gasteiger partial charge in [0.2, 0.25) is 0 Å². The first-order valence-corrected chi connectivity index (χ1v) is 6.44. The van der Waals surface area contributed by atoms with Gasteiger partial charge in [0, 0.05) is 18.6 Å². The maximum absolute atomic E-state index is 10.2. The Morgan fingerprint density at radius 3 is 2.47 bits per heavy atom. The minimum Gasteiger partial charge on any atom is -0.481 e. The Morgan fingerprint density at radius 1 is 1.24 bits per heavy atom. The molecule has 0 aliphatic rings. The van der Waals surface area contributed by atoms with Crippen molar-refractivity contribution < 1.29 is 29.6 Å². The highest BCUT2D eigenvalue weighted by atomic mass is 32.2. The molecule has 7 heteroatoms. The molecule has 0 aliphatic carbocycles. The number of carboxylic acid groups (broad SMARTS) is 1. The highest BCUT2D eigenvalue weighted by molar-refractivity contribution is 7.99. The maximum atomic E-state index is 10.2. The predicted molar refractivity (Wildman–Crippen MR) is 64.3 cm³/mol. The van der Waals surface area contributed by atoms with E-state index in [-0.39, 0.29) is 26.2 Å². The average Bonchev–Trinajstić information content (AvgIpc) is 2.24. The molecule has 2 unspecified atom stereocenters. The van der Waals surface area contributed by atoms with Crippen LogP contribution in [0.15, 0.2) is 0 Å². The maximum Gasteiger partial charge on any atom is 0.304 e. The van der Waals surface area contributed by atoms with Crippen LogP contribution in [0.5, 0.6) is 0 Å². The molecular formula is C10H20O6S. The summed E-state index contributed by atoms with van der Waals surface area (Å²) < 4.78 is 9.79. The van der Waals surface area contributed by atoms with E-state index in [1.165, 1.54) is 18.9 Å². The topological polar surface area (TPSA) is 96.2 Å². The summed E-state index contributed by atoms with van der Waals surface area (Å²) in [6.45, 7) is 0.439. The fourth-order valence-corrected chi connectivity index (χ4v) is 1.86. The van der Waals surface area contributed by atoms with Gasteiger partial charge < -0.3 is 24.8 Å². The minimum absolute atomic E-state index is 0.0881. The monoisotopic (exact) mass is 268 g/mol. The van der Waals surface area contributed by atoms with E-state index < -0.39 is 18.2 Å². The van der Waals surface area contributed by atoms with Crippen LogP contribution in [0.4, 0.5) is 0 Å². The van der Waals surface area contributed by atoms with Crippen molar-refractivity contribution in [3.8, 4) is 0 Å². The van der Waals surface area contributed by atoms with Crippen molar-refractivity contribution in [2.24, 2.45) is 0 Å². The molecule has 0 saturated heterocycles. The van der Waals surface area contributed by atoms with Crippen LogP contribution in [0.25, 0.3) is 0 Å².